The summed E-state index contributed by atoms with van der Waals surface area (Å²) in [6, 6.07) is 2.54. The number of aromatic nitrogens is 1. The predicted octanol–water partition coefficient (Wildman–Crippen LogP) is 4.72. The van der Waals surface area contributed by atoms with E-state index in [1.165, 1.54) is 45.1 Å². The molecule has 1 aromatic rings. The molecule has 1 aliphatic rings. The third-order valence-corrected chi connectivity index (χ3v) is 4.22. The summed E-state index contributed by atoms with van der Waals surface area (Å²) in [7, 11) is 2.17. The average molecular weight is 373 g/mol. The molecule has 0 aliphatic carbocycles. The molecule has 0 unspecified atom stereocenters. The van der Waals surface area contributed by atoms with E-state index in [0.717, 1.165) is 24.3 Å². The zero-order valence-corrected chi connectivity index (χ0v) is 16.4. The van der Waals surface area contributed by atoms with Crippen LogP contribution in [0.4, 0.5) is 0 Å². The van der Waals surface area contributed by atoms with Gasteiger partial charge >= 0.3 is 0 Å². The first-order chi connectivity index (χ1) is 10.8. The van der Waals surface area contributed by atoms with Crippen LogP contribution in [0.2, 0.25) is 0 Å². The second kappa shape index (κ2) is 13.4. The van der Waals surface area contributed by atoms with Gasteiger partial charge in [-0.05, 0) is 38.9 Å². The van der Waals surface area contributed by atoms with E-state index >= 15 is 0 Å². The number of likely N-dealkylation sites (N-methyl/N-ethyl adjacent to an activating group) is 1. The monoisotopic (exact) mass is 372 g/mol. The first-order valence-corrected chi connectivity index (χ1v) is 8.56. The Balaban J connectivity index is 0.00000264. The molecule has 24 heavy (non-hydrogen) atoms. The van der Waals surface area contributed by atoms with E-state index in [2.05, 4.69) is 35.7 Å². The zero-order valence-electron chi connectivity index (χ0n) is 14.8. The largest absolute Gasteiger partial charge is 0.490 e. The summed E-state index contributed by atoms with van der Waals surface area (Å²) in [5, 5.41) is 0. The highest BCUT2D eigenvalue weighted by molar-refractivity contribution is 5.85. The van der Waals surface area contributed by atoms with Crippen LogP contribution in [0.1, 0.15) is 57.4 Å². The molecule has 2 rings (SSSR count). The van der Waals surface area contributed by atoms with E-state index < -0.39 is 0 Å². The maximum absolute atomic E-state index is 5.89. The highest BCUT2D eigenvalue weighted by Crippen LogP contribution is 2.17. The lowest BCUT2D eigenvalue weighted by Gasteiger charge is -2.19. The van der Waals surface area contributed by atoms with Crippen LogP contribution in [0.3, 0.4) is 0 Å². The van der Waals surface area contributed by atoms with Crippen LogP contribution < -0.4 is 4.74 Å². The van der Waals surface area contributed by atoms with E-state index in [1.807, 2.05) is 12.3 Å². The number of ether oxygens (including phenoxy) is 1. The van der Waals surface area contributed by atoms with Crippen molar-refractivity contribution in [2.24, 2.45) is 0 Å². The molecular formula is C19H30Cl2N2O. The van der Waals surface area contributed by atoms with E-state index in [1.54, 1.807) is 6.20 Å². The Labute approximate surface area is 159 Å². The first kappa shape index (κ1) is 23.1. The summed E-state index contributed by atoms with van der Waals surface area (Å²) in [6.45, 7) is 4.15. The minimum absolute atomic E-state index is 0. The molecule has 0 bridgehead atoms. The highest BCUT2D eigenvalue weighted by atomic mass is 35.5. The van der Waals surface area contributed by atoms with Crippen molar-refractivity contribution in [1.82, 2.24) is 9.88 Å². The third-order valence-electron chi connectivity index (χ3n) is 4.22. The van der Waals surface area contributed by atoms with Gasteiger partial charge in [0, 0.05) is 24.2 Å². The van der Waals surface area contributed by atoms with E-state index in [0.29, 0.717) is 6.04 Å². The fourth-order valence-corrected chi connectivity index (χ4v) is 2.75. The maximum Gasteiger partial charge on any atom is 0.138 e. The lowest BCUT2D eigenvalue weighted by Crippen LogP contribution is -2.30. The van der Waals surface area contributed by atoms with Crippen molar-refractivity contribution in [3.05, 3.63) is 24.0 Å². The molecule has 0 saturated carbocycles. The lowest BCUT2D eigenvalue weighted by molar-refractivity contribution is 0.198. The number of hydrogen-bond donors (Lipinski definition) is 0. The molecule has 0 radical (unpaired) electrons. The zero-order chi connectivity index (χ0) is 15.6. The standard InChI is InChI=1S/C19H28N2O.2ClH/c1-3-4-5-6-7-8-10-17-13-19(15-20-14-17)22-16-18-11-9-12-21(18)2;;/h13-15,18H,3-7,9,11-12,16H2,1-2H3;2*1H/t18-;;/m0../s1. The molecule has 0 N–H and O–H groups in total. The van der Waals surface area contributed by atoms with E-state index in [9.17, 15) is 0 Å². The van der Waals surface area contributed by atoms with Crippen LogP contribution in [0, 0.1) is 11.8 Å². The Hall–Kier alpha value is -0.950. The van der Waals surface area contributed by atoms with Gasteiger partial charge in [-0.1, -0.05) is 38.0 Å². The van der Waals surface area contributed by atoms with Gasteiger partial charge in [0.15, 0.2) is 0 Å². The number of unbranched alkanes of at least 4 members (excludes halogenated alkanes) is 4. The van der Waals surface area contributed by atoms with E-state index in [-0.39, 0.29) is 24.8 Å². The molecule has 2 heterocycles. The van der Waals surface area contributed by atoms with Crippen molar-refractivity contribution in [2.75, 3.05) is 20.2 Å². The predicted molar refractivity (Wildman–Crippen MR) is 106 cm³/mol. The smallest absolute Gasteiger partial charge is 0.138 e. The van der Waals surface area contributed by atoms with Gasteiger partial charge in [0.05, 0.1) is 6.20 Å². The van der Waals surface area contributed by atoms with Crippen LogP contribution in [0.15, 0.2) is 18.5 Å². The number of rotatable bonds is 7. The topological polar surface area (TPSA) is 25.4 Å². The molecule has 1 atom stereocenters. The van der Waals surface area contributed by atoms with Crippen molar-refractivity contribution in [2.45, 2.75) is 57.9 Å². The minimum atomic E-state index is 0. The number of pyridine rings is 1. The van der Waals surface area contributed by atoms with Gasteiger partial charge in [-0.25, -0.2) is 0 Å². The van der Waals surface area contributed by atoms with Crippen LogP contribution >= 0.6 is 24.8 Å². The molecule has 136 valence electrons. The summed E-state index contributed by atoms with van der Waals surface area (Å²) in [5.41, 5.74) is 0.952. The van der Waals surface area contributed by atoms with E-state index in [4.69, 9.17) is 4.74 Å². The van der Waals surface area contributed by atoms with Gasteiger partial charge in [0.2, 0.25) is 0 Å². The second-order valence-electron chi connectivity index (χ2n) is 6.11. The SMILES string of the molecule is CCCCCCC#Cc1cncc(OC[C@@H]2CCCN2C)c1.Cl.Cl. The molecule has 0 spiro atoms. The van der Waals surface area contributed by atoms with Crippen molar-refractivity contribution >= 4 is 24.8 Å². The Kier molecular flexibility index (Phi) is 12.8. The fourth-order valence-electron chi connectivity index (χ4n) is 2.75. The van der Waals surface area contributed by atoms with Crippen LogP contribution in [0.5, 0.6) is 5.75 Å². The molecule has 5 heteroatoms. The van der Waals surface area contributed by atoms with Crippen molar-refractivity contribution in [3.8, 4) is 17.6 Å². The molecule has 1 aliphatic heterocycles. The molecular weight excluding hydrogens is 343 g/mol. The van der Waals surface area contributed by atoms with Gasteiger partial charge in [-0.15, -0.1) is 24.8 Å². The third kappa shape index (κ3) is 8.24. The van der Waals surface area contributed by atoms with Crippen LogP contribution in [-0.2, 0) is 0 Å². The second-order valence-corrected chi connectivity index (χ2v) is 6.11. The van der Waals surface area contributed by atoms with Crippen LogP contribution in [-0.4, -0.2) is 36.1 Å². The molecule has 1 aromatic heterocycles. The quantitative estimate of drug-likeness (QED) is 0.511. The number of hydrogen-bond acceptors (Lipinski definition) is 3. The summed E-state index contributed by atoms with van der Waals surface area (Å²) >= 11 is 0. The maximum atomic E-state index is 5.89. The number of halogens is 2. The van der Waals surface area contributed by atoms with Gasteiger partial charge in [0.1, 0.15) is 12.4 Å². The summed E-state index contributed by atoms with van der Waals surface area (Å²) in [4.78, 5) is 6.60. The Morgan fingerprint density at radius 2 is 2.08 bits per heavy atom. The Morgan fingerprint density at radius 1 is 1.25 bits per heavy atom. The number of nitrogens with zero attached hydrogens (tertiary/aromatic N) is 2. The highest BCUT2D eigenvalue weighted by Gasteiger charge is 2.21. The normalized spacial score (nSPS) is 16.5. The Morgan fingerprint density at radius 3 is 2.79 bits per heavy atom. The molecule has 0 amide bonds. The van der Waals surface area contributed by atoms with Crippen molar-refractivity contribution < 1.29 is 4.74 Å². The number of likely N-dealkylation sites (tertiary alicyclic amines) is 1. The van der Waals surface area contributed by atoms with Crippen molar-refractivity contribution in [3.63, 3.8) is 0 Å². The molecule has 1 saturated heterocycles. The summed E-state index contributed by atoms with van der Waals surface area (Å²) < 4.78 is 5.89. The van der Waals surface area contributed by atoms with Gasteiger partial charge < -0.3 is 9.64 Å². The first-order valence-electron chi connectivity index (χ1n) is 8.56. The van der Waals surface area contributed by atoms with Gasteiger partial charge in [-0.3, -0.25) is 4.98 Å². The molecule has 3 nitrogen and oxygen atoms in total. The summed E-state index contributed by atoms with van der Waals surface area (Å²) in [6.07, 6.45) is 12.1. The van der Waals surface area contributed by atoms with Crippen LogP contribution in [0.25, 0.3) is 0 Å². The van der Waals surface area contributed by atoms with Crippen molar-refractivity contribution in [1.29, 1.82) is 0 Å². The molecule has 1 fully saturated rings. The summed E-state index contributed by atoms with van der Waals surface area (Å²) in [5.74, 6) is 7.27. The lowest BCUT2D eigenvalue weighted by atomic mass is 10.1. The van der Waals surface area contributed by atoms with Gasteiger partial charge in [-0.2, -0.15) is 0 Å². The Bertz CT molecular complexity index is 514. The molecule has 0 aromatic carbocycles. The average Bonchev–Trinajstić information content (AvgIpc) is 2.94. The fraction of sp³-hybridized carbons (Fsp3) is 0.632. The minimum Gasteiger partial charge on any atom is -0.490 e. The van der Waals surface area contributed by atoms with Gasteiger partial charge in [0.25, 0.3) is 0 Å².